The van der Waals surface area contributed by atoms with Gasteiger partial charge in [0.25, 0.3) is 0 Å². The average Bonchev–Trinajstić information content (AvgIpc) is 2.71. The molecule has 0 amide bonds. The minimum absolute atomic E-state index is 0.219. The van der Waals surface area contributed by atoms with E-state index < -0.39 is 5.97 Å². The van der Waals surface area contributed by atoms with Gasteiger partial charge in [-0.05, 0) is 30.5 Å². The fraction of sp³-hybridized carbons (Fsp3) is 0.533. The fourth-order valence-corrected chi connectivity index (χ4v) is 2.57. The first kappa shape index (κ1) is 13.9. The number of hydrogen-bond donors (Lipinski definition) is 1. The number of aliphatic carboxylic acids is 1. The van der Waals surface area contributed by atoms with E-state index in [2.05, 4.69) is 4.90 Å². The molecule has 1 saturated heterocycles. The Kier molecular flexibility index (Phi) is 4.43. The number of carboxylic acids is 1. The maximum absolute atomic E-state index is 11.0. The van der Waals surface area contributed by atoms with E-state index in [9.17, 15) is 4.79 Å². The fourth-order valence-electron chi connectivity index (χ4n) is 2.57. The normalized spacial score (nSPS) is 23.5. The number of rotatable bonds is 5. The van der Waals surface area contributed by atoms with Crippen molar-refractivity contribution in [3.8, 4) is 5.75 Å². The third-order valence-electron chi connectivity index (χ3n) is 3.67. The summed E-state index contributed by atoms with van der Waals surface area (Å²) in [5.74, 6) is 0.173. The number of hydrogen-bond acceptors (Lipinski definition) is 3. The molecule has 2 rings (SSSR count). The molecule has 1 aromatic rings. The van der Waals surface area contributed by atoms with Crippen molar-refractivity contribution < 1.29 is 14.6 Å². The molecule has 104 valence electrons. The van der Waals surface area contributed by atoms with E-state index in [1.54, 1.807) is 0 Å². The minimum Gasteiger partial charge on any atom is -0.492 e. The molecule has 1 heterocycles. The van der Waals surface area contributed by atoms with Crippen LogP contribution in [0.2, 0.25) is 0 Å². The molecule has 1 aliphatic rings. The van der Waals surface area contributed by atoms with Crippen LogP contribution in [0.3, 0.4) is 0 Å². The lowest BCUT2D eigenvalue weighted by Gasteiger charge is -2.15. The van der Waals surface area contributed by atoms with Gasteiger partial charge in [0.2, 0.25) is 0 Å². The van der Waals surface area contributed by atoms with Crippen molar-refractivity contribution in [3.63, 3.8) is 0 Å². The third kappa shape index (κ3) is 3.70. The predicted molar refractivity (Wildman–Crippen MR) is 73.4 cm³/mol. The molecular formula is C15H21NO3. The van der Waals surface area contributed by atoms with Crippen LogP contribution in [0.5, 0.6) is 5.75 Å². The van der Waals surface area contributed by atoms with E-state index in [-0.39, 0.29) is 11.8 Å². The topological polar surface area (TPSA) is 49.8 Å². The number of nitrogens with zero attached hydrogens (tertiary/aromatic N) is 1. The van der Waals surface area contributed by atoms with Crippen LogP contribution in [0, 0.1) is 18.8 Å². The molecule has 4 heteroatoms. The molecule has 0 radical (unpaired) electrons. The Labute approximate surface area is 114 Å². The van der Waals surface area contributed by atoms with Gasteiger partial charge in [-0.1, -0.05) is 19.1 Å². The SMILES string of the molecule is Cc1cccc(OCCN2CC(C)C(C(=O)O)C2)c1. The summed E-state index contributed by atoms with van der Waals surface area (Å²) in [6.45, 7) is 6.89. The van der Waals surface area contributed by atoms with Crippen LogP contribution in [0.25, 0.3) is 0 Å². The van der Waals surface area contributed by atoms with Crippen LogP contribution >= 0.6 is 0 Å². The molecule has 0 bridgehead atoms. The lowest BCUT2D eigenvalue weighted by Crippen LogP contribution is -2.27. The summed E-state index contributed by atoms with van der Waals surface area (Å²) in [6, 6.07) is 7.96. The monoisotopic (exact) mass is 263 g/mol. The lowest BCUT2D eigenvalue weighted by molar-refractivity contribution is -0.142. The molecule has 19 heavy (non-hydrogen) atoms. The van der Waals surface area contributed by atoms with Crippen molar-refractivity contribution in [2.75, 3.05) is 26.2 Å². The Balaban J connectivity index is 1.76. The number of benzene rings is 1. The Morgan fingerprint density at radius 1 is 1.47 bits per heavy atom. The molecule has 0 saturated carbocycles. The number of carboxylic acid groups (broad SMARTS) is 1. The van der Waals surface area contributed by atoms with Gasteiger partial charge in [-0.2, -0.15) is 0 Å². The predicted octanol–water partition coefficient (Wildman–Crippen LogP) is 2.03. The summed E-state index contributed by atoms with van der Waals surface area (Å²) in [7, 11) is 0. The highest BCUT2D eigenvalue weighted by Crippen LogP contribution is 2.22. The smallest absolute Gasteiger partial charge is 0.308 e. The van der Waals surface area contributed by atoms with Gasteiger partial charge >= 0.3 is 5.97 Å². The highest BCUT2D eigenvalue weighted by atomic mass is 16.5. The Hall–Kier alpha value is -1.55. The summed E-state index contributed by atoms with van der Waals surface area (Å²) < 4.78 is 5.69. The molecule has 0 aromatic heterocycles. The molecule has 1 fully saturated rings. The molecule has 4 nitrogen and oxygen atoms in total. The van der Waals surface area contributed by atoms with E-state index in [1.165, 1.54) is 5.56 Å². The molecule has 2 atom stereocenters. The minimum atomic E-state index is -0.686. The highest BCUT2D eigenvalue weighted by molar-refractivity contribution is 5.71. The molecule has 1 N–H and O–H groups in total. The summed E-state index contributed by atoms with van der Waals surface area (Å²) in [6.07, 6.45) is 0. The van der Waals surface area contributed by atoms with Crippen LogP contribution in [0.1, 0.15) is 12.5 Å². The highest BCUT2D eigenvalue weighted by Gasteiger charge is 2.34. The van der Waals surface area contributed by atoms with E-state index in [0.29, 0.717) is 13.2 Å². The van der Waals surface area contributed by atoms with Gasteiger partial charge < -0.3 is 9.84 Å². The van der Waals surface area contributed by atoms with Gasteiger partial charge in [-0.15, -0.1) is 0 Å². The molecule has 0 spiro atoms. The van der Waals surface area contributed by atoms with Gasteiger partial charge in [-0.3, -0.25) is 9.69 Å². The first-order chi connectivity index (χ1) is 9.06. The van der Waals surface area contributed by atoms with Gasteiger partial charge in [-0.25, -0.2) is 0 Å². The van der Waals surface area contributed by atoms with Crippen molar-refractivity contribution in [1.29, 1.82) is 0 Å². The van der Waals surface area contributed by atoms with Gasteiger partial charge in [0.15, 0.2) is 0 Å². The average molecular weight is 263 g/mol. The van der Waals surface area contributed by atoms with Crippen molar-refractivity contribution >= 4 is 5.97 Å². The molecule has 2 unspecified atom stereocenters. The largest absolute Gasteiger partial charge is 0.492 e. The van der Waals surface area contributed by atoms with Crippen LogP contribution in [-0.4, -0.2) is 42.2 Å². The van der Waals surface area contributed by atoms with Crippen LogP contribution in [0.15, 0.2) is 24.3 Å². The quantitative estimate of drug-likeness (QED) is 0.883. The molecule has 0 aliphatic carbocycles. The number of likely N-dealkylation sites (tertiary alicyclic amines) is 1. The number of ether oxygens (including phenoxy) is 1. The third-order valence-corrected chi connectivity index (χ3v) is 3.67. The van der Waals surface area contributed by atoms with Gasteiger partial charge in [0, 0.05) is 19.6 Å². The zero-order chi connectivity index (χ0) is 13.8. The zero-order valence-electron chi connectivity index (χ0n) is 11.5. The first-order valence-electron chi connectivity index (χ1n) is 6.71. The van der Waals surface area contributed by atoms with Crippen molar-refractivity contribution in [2.24, 2.45) is 11.8 Å². The first-order valence-corrected chi connectivity index (χ1v) is 6.71. The Morgan fingerprint density at radius 3 is 2.89 bits per heavy atom. The summed E-state index contributed by atoms with van der Waals surface area (Å²) in [5, 5.41) is 9.08. The van der Waals surface area contributed by atoms with Gasteiger partial charge in [0.1, 0.15) is 12.4 Å². The summed E-state index contributed by atoms with van der Waals surface area (Å²) in [4.78, 5) is 13.2. The Morgan fingerprint density at radius 2 is 2.26 bits per heavy atom. The second kappa shape index (κ2) is 6.06. The van der Waals surface area contributed by atoms with Crippen LogP contribution in [-0.2, 0) is 4.79 Å². The summed E-state index contributed by atoms with van der Waals surface area (Å²) in [5.41, 5.74) is 1.18. The van der Waals surface area contributed by atoms with Crippen molar-refractivity contribution in [3.05, 3.63) is 29.8 Å². The maximum atomic E-state index is 11.0. The second-order valence-electron chi connectivity index (χ2n) is 5.35. The zero-order valence-corrected chi connectivity index (χ0v) is 11.5. The number of carbonyl (C=O) groups is 1. The van der Waals surface area contributed by atoms with E-state index in [4.69, 9.17) is 9.84 Å². The van der Waals surface area contributed by atoms with E-state index in [0.717, 1.165) is 18.8 Å². The maximum Gasteiger partial charge on any atom is 0.308 e. The second-order valence-corrected chi connectivity index (χ2v) is 5.35. The van der Waals surface area contributed by atoms with E-state index >= 15 is 0 Å². The standard InChI is InChI=1S/C15H21NO3/c1-11-4-3-5-13(8-11)19-7-6-16-9-12(2)14(10-16)15(17)18/h3-5,8,12,14H,6-7,9-10H2,1-2H3,(H,17,18). The van der Waals surface area contributed by atoms with Crippen molar-refractivity contribution in [1.82, 2.24) is 4.90 Å². The van der Waals surface area contributed by atoms with Crippen molar-refractivity contribution in [2.45, 2.75) is 13.8 Å². The molecule has 1 aromatic carbocycles. The summed E-state index contributed by atoms with van der Waals surface area (Å²) >= 11 is 0. The molecule has 1 aliphatic heterocycles. The van der Waals surface area contributed by atoms with Gasteiger partial charge in [0.05, 0.1) is 5.92 Å². The number of aryl methyl sites for hydroxylation is 1. The molecular weight excluding hydrogens is 242 g/mol. The van der Waals surface area contributed by atoms with Crippen LogP contribution in [0.4, 0.5) is 0 Å². The Bertz CT molecular complexity index is 447. The lowest BCUT2D eigenvalue weighted by atomic mass is 9.99. The van der Waals surface area contributed by atoms with E-state index in [1.807, 2.05) is 38.1 Å². The van der Waals surface area contributed by atoms with Crippen LogP contribution < -0.4 is 4.74 Å².